The molecule has 0 aliphatic rings. The van der Waals surface area contributed by atoms with Gasteiger partial charge >= 0.3 is 0 Å². The van der Waals surface area contributed by atoms with Gasteiger partial charge in [0, 0.05) is 13.5 Å². The lowest BCUT2D eigenvalue weighted by Crippen LogP contribution is -2.41. The number of amides is 2. The van der Waals surface area contributed by atoms with Crippen LogP contribution in [0.15, 0.2) is 42.5 Å². The molecule has 0 aliphatic carbocycles. The number of benzene rings is 2. The largest absolute Gasteiger partial charge is 0.354 e. The summed E-state index contributed by atoms with van der Waals surface area (Å²) in [6, 6.07) is 12.3. The Morgan fingerprint density at radius 2 is 1.77 bits per heavy atom. The fourth-order valence-corrected chi connectivity index (χ4v) is 2.98. The fourth-order valence-electron chi connectivity index (χ4n) is 2.98. The maximum absolute atomic E-state index is 13.6. The molecule has 0 spiro atoms. The Morgan fingerprint density at radius 1 is 1.08 bits per heavy atom. The van der Waals surface area contributed by atoms with Gasteiger partial charge in [-0.05, 0) is 42.5 Å². The number of para-hydroxylation sites is 1. The number of nitrogens with one attached hydrogen (secondary N) is 1. The molecule has 0 aromatic heterocycles. The van der Waals surface area contributed by atoms with Crippen LogP contribution < -0.4 is 10.2 Å². The zero-order valence-electron chi connectivity index (χ0n) is 15.5. The Balaban J connectivity index is 2.03. The first kappa shape index (κ1) is 19.6. The summed E-state index contributed by atoms with van der Waals surface area (Å²) in [6.07, 6.45) is 1.18. The summed E-state index contributed by atoms with van der Waals surface area (Å²) in [5.41, 5.74) is 3.34. The quantitative estimate of drug-likeness (QED) is 0.826. The lowest BCUT2D eigenvalue weighted by atomic mass is 10.0. The molecule has 2 amide bonds. The standard InChI is InChI=1S/C21H25FN2O2/c1-4-17-10-7-8-15(2)21(17)24(16(3)25)14-20(26)23-13-12-18-9-5-6-11-19(18)22/h5-11H,4,12-14H2,1-3H3,(H,23,26). The van der Waals surface area contributed by atoms with Crippen molar-refractivity contribution in [2.75, 3.05) is 18.0 Å². The van der Waals surface area contributed by atoms with Crippen LogP contribution in [-0.2, 0) is 22.4 Å². The van der Waals surface area contributed by atoms with Crippen molar-refractivity contribution in [1.29, 1.82) is 0 Å². The van der Waals surface area contributed by atoms with Crippen molar-refractivity contribution in [3.8, 4) is 0 Å². The second-order valence-electron chi connectivity index (χ2n) is 6.23. The molecule has 2 aromatic carbocycles. The molecule has 0 heterocycles. The SMILES string of the molecule is CCc1cccc(C)c1N(CC(=O)NCCc1ccccc1F)C(C)=O. The molecular formula is C21H25FN2O2. The predicted octanol–water partition coefficient (Wildman–Crippen LogP) is 3.41. The molecule has 0 fully saturated rings. The molecule has 4 nitrogen and oxygen atoms in total. The van der Waals surface area contributed by atoms with E-state index in [9.17, 15) is 14.0 Å². The van der Waals surface area contributed by atoms with Crippen molar-refractivity contribution in [3.05, 3.63) is 65.0 Å². The molecule has 1 N–H and O–H groups in total. The first-order valence-electron chi connectivity index (χ1n) is 8.80. The van der Waals surface area contributed by atoms with E-state index in [1.807, 2.05) is 32.0 Å². The number of carbonyl (C=O) groups excluding carboxylic acids is 2. The van der Waals surface area contributed by atoms with E-state index < -0.39 is 0 Å². The van der Waals surface area contributed by atoms with Gasteiger partial charge in [0.1, 0.15) is 12.4 Å². The maximum atomic E-state index is 13.6. The van der Waals surface area contributed by atoms with E-state index in [-0.39, 0.29) is 24.2 Å². The van der Waals surface area contributed by atoms with Crippen molar-refractivity contribution in [1.82, 2.24) is 5.32 Å². The summed E-state index contributed by atoms with van der Waals surface area (Å²) in [7, 11) is 0. The lowest BCUT2D eigenvalue weighted by molar-refractivity contribution is -0.123. The van der Waals surface area contributed by atoms with Crippen LogP contribution in [0.1, 0.15) is 30.5 Å². The Hall–Kier alpha value is -2.69. The summed E-state index contributed by atoms with van der Waals surface area (Å²) in [4.78, 5) is 26.0. The number of hydrogen-bond acceptors (Lipinski definition) is 2. The smallest absolute Gasteiger partial charge is 0.240 e. The summed E-state index contributed by atoms with van der Waals surface area (Å²) in [5.74, 6) is -0.722. The van der Waals surface area contributed by atoms with Crippen molar-refractivity contribution >= 4 is 17.5 Å². The molecule has 0 saturated heterocycles. The molecule has 0 bridgehead atoms. The Bertz CT molecular complexity index is 789. The lowest BCUT2D eigenvalue weighted by Gasteiger charge is -2.25. The van der Waals surface area contributed by atoms with E-state index in [0.29, 0.717) is 18.5 Å². The maximum Gasteiger partial charge on any atom is 0.240 e. The molecule has 2 aromatic rings. The van der Waals surface area contributed by atoms with Gasteiger partial charge in [-0.25, -0.2) is 4.39 Å². The van der Waals surface area contributed by atoms with Crippen LogP contribution in [0.4, 0.5) is 10.1 Å². The van der Waals surface area contributed by atoms with Crippen LogP contribution >= 0.6 is 0 Å². The van der Waals surface area contributed by atoms with Crippen LogP contribution in [0.25, 0.3) is 0 Å². The van der Waals surface area contributed by atoms with Crippen LogP contribution in [0.2, 0.25) is 0 Å². The number of anilines is 1. The summed E-state index contributed by atoms with van der Waals surface area (Å²) in [6.45, 7) is 5.68. The van der Waals surface area contributed by atoms with Gasteiger partial charge in [0.15, 0.2) is 0 Å². The average Bonchev–Trinajstić information content (AvgIpc) is 2.61. The van der Waals surface area contributed by atoms with Gasteiger partial charge in [-0.1, -0.05) is 43.3 Å². The fraction of sp³-hybridized carbons (Fsp3) is 0.333. The topological polar surface area (TPSA) is 49.4 Å². The number of nitrogens with zero attached hydrogens (tertiary/aromatic N) is 1. The van der Waals surface area contributed by atoms with E-state index >= 15 is 0 Å². The van der Waals surface area contributed by atoms with Crippen LogP contribution in [0.5, 0.6) is 0 Å². The van der Waals surface area contributed by atoms with Gasteiger partial charge in [-0.15, -0.1) is 0 Å². The van der Waals surface area contributed by atoms with Crippen LogP contribution in [0, 0.1) is 12.7 Å². The molecule has 0 atom stereocenters. The molecule has 26 heavy (non-hydrogen) atoms. The summed E-state index contributed by atoms with van der Waals surface area (Å²) < 4.78 is 13.6. The first-order chi connectivity index (χ1) is 12.4. The highest BCUT2D eigenvalue weighted by Gasteiger charge is 2.20. The highest BCUT2D eigenvalue weighted by Crippen LogP contribution is 2.25. The zero-order valence-corrected chi connectivity index (χ0v) is 15.5. The van der Waals surface area contributed by atoms with Crippen molar-refractivity contribution in [2.45, 2.75) is 33.6 Å². The number of hydrogen-bond donors (Lipinski definition) is 1. The third-order valence-corrected chi connectivity index (χ3v) is 4.33. The molecule has 0 unspecified atom stereocenters. The third kappa shape index (κ3) is 4.91. The van der Waals surface area contributed by atoms with E-state index in [2.05, 4.69) is 5.32 Å². The molecule has 0 aliphatic heterocycles. The molecule has 2 rings (SSSR count). The van der Waals surface area contributed by atoms with Gasteiger partial charge in [-0.3, -0.25) is 9.59 Å². The first-order valence-corrected chi connectivity index (χ1v) is 8.80. The Labute approximate surface area is 154 Å². The minimum Gasteiger partial charge on any atom is -0.354 e. The van der Waals surface area contributed by atoms with Crippen LogP contribution in [-0.4, -0.2) is 24.9 Å². The van der Waals surface area contributed by atoms with E-state index in [1.54, 1.807) is 18.2 Å². The van der Waals surface area contributed by atoms with Gasteiger partial charge < -0.3 is 10.2 Å². The monoisotopic (exact) mass is 356 g/mol. The van der Waals surface area contributed by atoms with Gasteiger partial charge in [0.25, 0.3) is 0 Å². The summed E-state index contributed by atoms with van der Waals surface area (Å²) >= 11 is 0. The molecule has 138 valence electrons. The zero-order chi connectivity index (χ0) is 19.1. The minimum atomic E-state index is -0.278. The molecule has 0 radical (unpaired) electrons. The van der Waals surface area contributed by atoms with E-state index in [0.717, 1.165) is 23.2 Å². The second-order valence-corrected chi connectivity index (χ2v) is 6.23. The minimum absolute atomic E-state index is 0.0511. The average molecular weight is 356 g/mol. The van der Waals surface area contributed by atoms with E-state index in [1.165, 1.54) is 17.9 Å². The van der Waals surface area contributed by atoms with Crippen LogP contribution in [0.3, 0.4) is 0 Å². The van der Waals surface area contributed by atoms with Gasteiger partial charge in [0.2, 0.25) is 11.8 Å². The summed E-state index contributed by atoms with van der Waals surface area (Å²) in [5, 5.41) is 2.77. The number of aryl methyl sites for hydroxylation is 2. The third-order valence-electron chi connectivity index (χ3n) is 4.33. The second kappa shape index (κ2) is 9.13. The predicted molar refractivity (Wildman–Crippen MR) is 102 cm³/mol. The number of carbonyl (C=O) groups is 2. The highest BCUT2D eigenvalue weighted by atomic mass is 19.1. The Kier molecular flexibility index (Phi) is 6.89. The van der Waals surface area contributed by atoms with Gasteiger partial charge in [-0.2, -0.15) is 0 Å². The number of rotatable bonds is 7. The van der Waals surface area contributed by atoms with Crippen molar-refractivity contribution in [3.63, 3.8) is 0 Å². The molecule has 5 heteroatoms. The highest BCUT2D eigenvalue weighted by molar-refractivity contribution is 5.98. The molecular weight excluding hydrogens is 331 g/mol. The van der Waals surface area contributed by atoms with Gasteiger partial charge in [0.05, 0.1) is 5.69 Å². The molecule has 0 saturated carbocycles. The van der Waals surface area contributed by atoms with E-state index in [4.69, 9.17) is 0 Å². The number of halogens is 1. The normalized spacial score (nSPS) is 10.5. The Morgan fingerprint density at radius 3 is 2.42 bits per heavy atom. The van der Waals surface area contributed by atoms with Crippen molar-refractivity contribution in [2.24, 2.45) is 0 Å². The van der Waals surface area contributed by atoms with Crippen molar-refractivity contribution < 1.29 is 14.0 Å².